The fourth-order valence-corrected chi connectivity index (χ4v) is 3.01. The third kappa shape index (κ3) is 2.93. The summed E-state index contributed by atoms with van der Waals surface area (Å²) in [7, 11) is 1.76. The molecule has 1 N–H and O–H groups in total. The largest absolute Gasteiger partial charge is 0.379 e. The molecule has 1 aromatic rings. The highest BCUT2D eigenvalue weighted by atomic mass is 16.5. The van der Waals surface area contributed by atoms with Gasteiger partial charge in [-0.1, -0.05) is 17.7 Å². The van der Waals surface area contributed by atoms with Gasteiger partial charge in [-0.25, -0.2) is 0 Å². The molecule has 1 aliphatic rings. The van der Waals surface area contributed by atoms with Crippen molar-refractivity contribution in [2.45, 2.75) is 52.4 Å². The molecule has 19 heavy (non-hydrogen) atoms. The van der Waals surface area contributed by atoms with Gasteiger partial charge in [-0.15, -0.1) is 0 Å². The lowest BCUT2D eigenvalue weighted by molar-refractivity contribution is -0.118. The van der Waals surface area contributed by atoms with E-state index in [1.165, 1.54) is 22.4 Å². The zero-order valence-electron chi connectivity index (χ0n) is 12.6. The number of rotatable bonds is 5. The molecule has 0 aliphatic heterocycles. The molecule has 0 heterocycles. The van der Waals surface area contributed by atoms with Crippen LogP contribution in [0, 0.1) is 20.8 Å². The average molecular weight is 263 g/mol. The van der Waals surface area contributed by atoms with Gasteiger partial charge in [0.25, 0.3) is 0 Å². The summed E-state index contributed by atoms with van der Waals surface area (Å²) in [6.07, 6.45) is 1.40. The van der Waals surface area contributed by atoms with Gasteiger partial charge in [-0.2, -0.15) is 0 Å². The van der Waals surface area contributed by atoms with E-state index in [-0.39, 0.29) is 12.2 Å². The van der Waals surface area contributed by atoms with E-state index >= 15 is 0 Å². The molecule has 0 aromatic heterocycles. The van der Waals surface area contributed by atoms with E-state index in [1.54, 1.807) is 7.11 Å². The summed E-state index contributed by atoms with van der Waals surface area (Å²) >= 11 is 0. The van der Waals surface area contributed by atoms with Crippen LogP contribution in [0.4, 0.5) is 5.69 Å². The Balaban J connectivity index is 2.07. The summed E-state index contributed by atoms with van der Waals surface area (Å²) in [6, 6.07) is 4.78. The Bertz CT molecular complexity index is 421. The van der Waals surface area contributed by atoms with E-state index in [0.717, 1.165) is 13.0 Å². The summed E-state index contributed by atoms with van der Waals surface area (Å²) in [6.45, 7) is 9.23. The van der Waals surface area contributed by atoms with Crippen molar-refractivity contribution in [1.82, 2.24) is 0 Å². The molecule has 3 heteroatoms. The number of ether oxygens (including phenoxy) is 2. The lowest BCUT2D eigenvalue weighted by Crippen LogP contribution is -2.57. The molecule has 0 spiro atoms. The summed E-state index contributed by atoms with van der Waals surface area (Å²) in [4.78, 5) is 0. The van der Waals surface area contributed by atoms with Crippen LogP contribution in [0.1, 0.15) is 30.0 Å². The van der Waals surface area contributed by atoms with Gasteiger partial charge >= 0.3 is 0 Å². The Hall–Kier alpha value is -1.06. The Labute approximate surface area is 116 Å². The molecule has 106 valence electrons. The molecule has 2 rings (SSSR count). The number of hydrogen-bond donors (Lipinski definition) is 1. The van der Waals surface area contributed by atoms with Crippen molar-refractivity contribution in [2.75, 3.05) is 19.0 Å². The van der Waals surface area contributed by atoms with Gasteiger partial charge in [0, 0.05) is 19.4 Å². The van der Waals surface area contributed by atoms with E-state index in [0.29, 0.717) is 6.04 Å². The fourth-order valence-electron chi connectivity index (χ4n) is 3.01. The molecule has 0 bridgehead atoms. The predicted octanol–water partition coefficient (Wildman–Crippen LogP) is 3.22. The molecule has 3 nitrogen and oxygen atoms in total. The van der Waals surface area contributed by atoms with Crippen molar-refractivity contribution < 1.29 is 9.47 Å². The number of hydrogen-bond acceptors (Lipinski definition) is 3. The predicted molar refractivity (Wildman–Crippen MR) is 78.9 cm³/mol. The molecule has 1 saturated carbocycles. The summed E-state index contributed by atoms with van der Waals surface area (Å²) in [5, 5.41) is 3.63. The molecule has 0 saturated heterocycles. The van der Waals surface area contributed by atoms with Gasteiger partial charge in [0.2, 0.25) is 0 Å². The highest BCUT2D eigenvalue weighted by molar-refractivity contribution is 5.59. The molecule has 0 radical (unpaired) electrons. The van der Waals surface area contributed by atoms with Crippen molar-refractivity contribution in [3.63, 3.8) is 0 Å². The third-order valence-corrected chi connectivity index (χ3v) is 3.91. The lowest BCUT2D eigenvalue weighted by atomic mass is 9.84. The van der Waals surface area contributed by atoms with Crippen LogP contribution in [-0.4, -0.2) is 32.0 Å². The van der Waals surface area contributed by atoms with E-state index in [9.17, 15) is 0 Å². The molecule has 1 aliphatic carbocycles. The van der Waals surface area contributed by atoms with Crippen LogP contribution in [0.2, 0.25) is 0 Å². The molecular formula is C16H25NO2. The maximum absolute atomic E-state index is 5.66. The monoisotopic (exact) mass is 263 g/mol. The third-order valence-electron chi connectivity index (χ3n) is 3.91. The maximum Gasteiger partial charge on any atom is 0.103 e. The van der Waals surface area contributed by atoms with E-state index in [2.05, 4.69) is 38.2 Å². The van der Waals surface area contributed by atoms with Gasteiger partial charge in [-0.3, -0.25) is 0 Å². The quantitative estimate of drug-likeness (QED) is 0.885. The van der Waals surface area contributed by atoms with Crippen LogP contribution in [0.5, 0.6) is 0 Å². The average Bonchev–Trinajstić information content (AvgIpc) is 2.31. The molecule has 0 amide bonds. The molecule has 1 aromatic carbocycles. The van der Waals surface area contributed by atoms with Gasteiger partial charge in [0.05, 0.1) is 12.1 Å². The minimum atomic E-state index is 0.153. The van der Waals surface area contributed by atoms with Gasteiger partial charge < -0.3 is 14.8 Å². The van der Waals surface area contributed by atoms with E-state index < -0.39 is 0 Å². The Morgan fingerprint density at radius 1 is 1.21 bits per heavy atom. The van der Waals surface area contributed by atoms with Crippen LogP contribution in [0.3, 0.4) is 0 Å². The fraction of sp³-hybridized carbons (Fsp3) is 0.625. The second-order valence-corrected chi connectivity index (χ2v) is 5.45. The zero-order valence-corrected chi connectivity index (χ0v) is 12.6. The lowest BCUT2D eigenvalue weighted by Gasteiger charge is -2.44. The SMILES string of the molecule is CCOC1CC(Nc2c(C)cc(C)cc2C)C1OC. The van der Waals surface area contributed by atoms with Gasteiger partial charge in [0.1, 0.15) is 6.10 Å². The Morgan fingerprint density at radius 3 is 2.37 bits per heavy atom. The smallest absolute Gasteiger partial charge is 0.103 e. The topological polar surface area (TPSA) is 30.5 Å². The number of methoxy groups -OCH3 is 1. The van der Waals surface area contributed by atoms with Crippen molar-refractivity contribution in [3.05, 3.63) is 28.8 Å². The first-order chi connectivity index (χ1) is 9.06. The minimum Gasteiger partial charge on any atom is -0.379 e. The van der Waals surface area contributed by atoms with Crippen LogP contribution in [-0.2, 0) is 9.47 Å². The number of aryl methyl sites for hydroxylation is 3. The van der Waals surface area contributed by atoms with Crippen molar-refractivity contribution in [2.24, 2.45) is 0 Å². The molecule has 3 atom stereocenters. The van der Waals surface area contributed by atoms with Crippen LogP contribution >= 0.6 is 0 Å². The highest BCUT2D eigenvalue weighted by Gasteiger charge is 2.42. The second kappa shape index (κ2) is 5.93. The van der Waals surface area contributed by atoms with E-state index in [1.807, 2.05) is 6.92 Å². The number of anilines is 1. The van der Waals surface area contributed by atoms with Crippen molar-refractivity contribution in [1.29, 1.82) is 0 Å². The standard InChI is InChI=1S/C16H25NO2/c1-6-19-14-9-13(16(14)18-5)17-15-11(3)7-10(2)8-12(15)4/h7-8,13-14,16-17H,6,9H2,1-5H3. The molecule has 1 fully saturated rings. The van der Waals surface area contributed by atoms with Crippen LogP contribution in [0.15, 0.2) is 12.1 Å². The van der Waals surface area contributed by atoms with E-state index in [4.69, 9.17) is 9.47 Å². The summed E-state index contributed by atoms with van der Waals surface area (Å²) in [5.41, 5.74) is 5.15. The maximum atomic E-state index is 5.66. The summed E-state index contributed by atoms with van der Waals surface area (Å²) < 4.78 is 11.2. The molecule has 3 unspecified atom stereocenters. The normalized spacial score (nSPS) is 26.1. The minimum absolute atomic E-state index is 0.153. The van der Waals surface area contributed by atoms with Crippen molar-refractivity contribution in [3.8, 4) is 0 Å². The molecular weight excluding hydrogens is 238 g/mol. The first-order valence-electron chi connectivity index (χ1n) is 7.05. The zero-order chi connectivity index (χ0) is 14.0. The van der Waals surface area contributed by atoms with Gasteiger partial charge in [-0.05, 0) is 45.2 Å². The van der Waals surface area contributed by atoms with Gasteiger partial charge in [0.15, 0.2) is 0 Å². The number of benzene rings is 1. The Kier molecular flexibility index (Phi) is 4.48. The second-order valence-electron chi connectivity index (χ2n) is 5.45. The highest BCUT2D eigenvalue weighted by Crippen LogP contribution is 2.32. The first kappa shape index (κ1) is 14.4. The Morgan fingerprint density at radius 2 is 1.84 bits per heavy atom. The van der Waals surface area contributed by atoms with Crippen LogP contribution in [0.25, 0.3) is 0 Å². The van der Waals surface area contributed by atoms with Crippen molar-refractivity contribution >= 4 is 5.69 Å². The number of nitrogens with one attached hydrogen (secondary N) is 1. The summed E-state index contributed by atoms with van der Waals surface area (Å²) in [5.74, 6) is 0. The first-order valence-corrected chi connectivity index (χ1v) is 7.05. The van der Waals surface area contributed by atoms with Crippen LogP contribution < -0.4 is 5.32 Å².